The van der Waals surface area contributed by atoms with Crippen LogP contribution in [0.25, 0.3) is 10.2 Å². The molecule has 0 bridgehead atoms. The fraction of sp³-hybridized carbons (Fsp3) is 0.250. The second-order valence-corrected chi connectivity index (χ2v) is 9.79. The van der Waals surface area contributed by atoms with Crippen molar-refractivity contribution >= 4 is 49.0 Å². The maximum atomic E-state index is 12.9. The van der Waals surface area contributed by atoms with E-state index in [0.29, 0.717) is 26.9 Å². The summed E-state index contributed by atoms with van der Waals surface area (Å²) >= 11 is 1.23. The molecule has 0 aliphatic rings. The number of rotatable bonds is 6. The fourth-order valence-corrected chi connectivity index (χ4v) is 4.97. The SMILES string of the molecule is CC(=O)NS(=O)(=O)c1ccc(C(=O)c2sc3nc(CC(C)C)ccc3c2N)cc1. The molecule has 0 radical (unpaired) electrons. The Bertz CT molecular complexity index is 1200. The first-order chi connectivity index (χ1) is 13.6. The van der Waals surface area contributed by atoms with E-state index in [0.717, 1.165) is 24.4 Å². The Hall–Kier alpha value is -2.78. The number of pyridine rings is 1. The molecule has 3 N–H and O–H groups in total. The highest BCUT2D eigenvalue weighted by Crippen LogP contribution is 2.34. The van der Waals surface area contributed by atoms with Crippen molar-refractivity contribution in [3.8, 4) is 0 Å². The number of hydrogen-bond acceptors (Lipinski definition) is 7. The maximum absolute atomic E-state index is 12.9. The number of nitrogens with two attached hydrogens (primary N) is 1. The van der Waals surface area contributed by atoms with Gasteiger partial charge in [0, 0.05) is 23.6 Å². The number of benzene rings is 1. The van der Waals surface area contributed by atoms with E-state index in [9.17, 15) is 18.0 Å². The molecule has 2 heterocycles. The van der Waals surface area contributed by atoms with Gasteiger partial charge in [-0.1, -0.05) is 13.8 Å². The van der Waals surface area contributed by atoms with Crippen LogP contribution in [0.15, 0.2) is 41.3 Å². The van der Waals surface area contributed by atoms with E-state index in [1.165, 1.54) is 35.6 Å². The quantitative estimate of drug-likeness (QED) is 0.579. The molecule has 0 spiro atoms. The summed E-state index contributed by atoms with van der Waals surface area (Å²) in [6.45, 7) is 5.33. The van der Waals surface area contributed by atoms with Crippen LogP contribution < -0.4 is 10.5 Å². The van der Waals surface area contributed by atoms with Gasteiger partial charge in [-0.05, 0) is 48.7 Å². The first-order valence-electron chi connectivity index (χ1n) is 8.94. The van der Waals surface area contributed by atoms with Crippen molar-refractivity contribution in [3.05, 3.63) is 52.5 Å². The monoisotopic (exact) mass is 431 g/mol. The van der Waals surface area contributed by atoms with Crippen LogP contribution in [-0.4, -0.2) is 25.1 Å². The van der Waals surface area contributed by atoms with E-state index in [1.54, 1.807) is 0 Å². The number of sulfonamides is 1. The predicted molar refractivity (Wildman–Crippen MR) is 113 cm³/mol. The Morgan fingerprint density at radius 1 is 1.14 bits per heavy atom. The Morgan fingerprint density at radius 2 is 1.79 bits per heavy atom. The molecule has 0 aliphatic heterocycles. The number of nitrogen functional groups attached to an aromatic ring is 1. The number of thiophene rings is 1. The molecule has 1 amide bonds. The Kier molecular flexibility index (Phi) is 5.72. The smallest absolute Gasteiger partial charge is 0.264 e. The van der Waals surface area contributed by atoms with Crippen molar-refractivity contribution in [1.29, 1.82) is 0 Å². The Morgan fingerprint density at radius 3 is 2.38 bits per heavy atom. The average Bonchev–Trinajstić information content (AvgIpc) is 2.96. The number of aromatic nitrogens is 1. The first kappa shape index (κ1) is 20.9. The number of nitrogens with zero attached hydrogens (tertiary/aromatic N) is 1. The molecule has 0 fully saturated rings. The summed E-state index contributed by atoms with van der Waals surface area (Å²) in [5, 5.41) is 0.732. The van der Waals surface area contributed by atoms with Gasteiger partial charge in [-0.25, -0.2) is 18.1 Å². The van der Waals surface area contributed by atoms with Crippen LogP contribution in [-0.2, 0) is 21.2 Å². The highest BCUT2D eigenvalue weighted by Gasteiger charge is 2.21. The number of hydrogen-bond donors (Lipinski definition) is 2. The third kappa shape index (κ3) is 4.46. The number of nitrogens with one attached hydrogen (secondary N) is 1. The first-order valence-corrected chi connectivity index (χ1v) is 11.2. The van der Waals surface area contributed by atoms with E-state index in [1.807, 2.05) is 16.9 Å². The van der Waals surface area contributed by atoms with Gasteiger partial charge in [-0.2, -0.15) is 0 Å². The van der Waals surface area contributed by atoms with Gasteiger partial charge < -0.3 is 5.73 Å². The van der Waals surface area contributed by atoms with E-state index in [4.69, 9.17) is 5.73 Å². The summed E-state index contributed by atoms with van der Waals surface area (Å²) in [6.07, 6.45) is 0.835. The van der Waals surface area contributed by atoms with Gasteiger partial charge in [0.05, 0.1) is 10.6 Å². The van der Waals surface area contributed by atoms with Crippen LogP contribution in [0.2, 0.25) is 0 Å². The number of anilines is 1. The molecule has 29 heavy (non-hydrogen) atoms. The summed E-state index contributed by atoms with van der Waals surface area (Å²) in [4.78, 5) is 29.5. The van der Waals surface area contributed by atoms with Crippen LogP contribution in [0.5, 0.6) is 0 Å². The van der Waals surface area contributed by atoms with E-state index in [2.05, 4.69) is 18.8 Å². The molecular weight excluding hydrogens is 410 g/mol. The Balaban J connectivity index is 1.93. The van der Waals surface area contributed by atoms with Crippen molar-refractivity contribution in [2.45, 2.75) is 32.1 Å². The zero-order valence-corrected chi connectivity index (χ0v) is 17.9. The van der Waals surface area contributed by atoms with Crippen LogP contribution in [0.4, 0.5) is 5.69 Å². The molecule has 0 saturated carbocycles. The molecule has 3 aromatic rings. The molecule has 9 heteroatoms. The van der Waals surface area contributed by atoms with Crippen LogP contribution >= 0.6 is 11.3 Å². The van der Waals surface area contributed by atoms with Crippen molar-refractivity contribution in [1.82, 2.24) is 9.71 Å². The summed E-state index contributed by atoms with van der Waals surface area (Å²) < 4.78 is 25.9. The number of carbonyl (C=O) groups excluding carboxylic acids is 2. The van der Waals surface area contributed by atoms with Gasteiger partial charge in [0.15, 0.2) is 0 Å². The molecule has 3 rings (SSSR count). The van der Waals surface area contributed by atoms with Gasteiger partial charge in [-0.15, -0.1) is 11.3 Å². The number of amides is 1. The van der Waals surface area contributed by atoms with Crippen molar-refractivity contribution in [3.63, 3.8) is 0 Å². The lowest BCUT2D eigenvalue weighted by Crippen LogP contribution is -2.28. The third-order valence-electron chi connectivity index (χ3n) is 4.18. The lowest BCUT2D eigenvalue weighted by molar-refractivity contribution is -0.117. The predicted octanol–water partition coefficient (Wildman–Crippen LogP) is 3.13. The van der Waals surface area contributed by atoms with E-state index >= 15 is 0 Å². The van der Waals surface area contributed by atoms with E-state index < -0.39 is 15.9 Å². The molecule has 0 atom stereocenters. The van der Waals surface area contributed by atoms with Gasteiger partial charge in [-0.3, -0.25) is 9.59 Å². The van der Waals surface area contributed by atoms with Crippen molar-refractivity contribution in [2.24, 2.45) is 5.92 Å². The fourth-order valence-electron chi connectivity index (χ4n) is 2.90. The van der Waals surface area contributed by atoms with Crippen molar-refractivity contribution in [2.75, 3.05) is 5.73 Å². The van der Waals surface area contributed by atoms with Gasteiger partial charge in [0.1, 0.15) is 9.71 Å². The minimum atomic E-state index is -3.95. The number of ketones is 1. The summed E-state index contributed by atoms with van der Waals surface area (Å²) in [5.41, 5.74) is 7.80. The number of fused-ring (bicyclic) bond motifs is 1. The average molecular weight is 432 g/mol. The lowest BCUT2D eigenvalue weighted by atomic mass is 10.1. The standard InChI is InChI=1S/C20H21N3O4S2/c1-11(2)10-14-6-9-16-17(21)19(28-20(16)22-14)18(25)13-4-7-15(8-5-13)29(26,27)23-12(3)24/h4-9,11H,10,21H2,1-3H3,(H,23,24). The summed E-state index contributed by atoms with van der Waals surface area (Å²) in [6, 6.07) is 9.16. The van der Waals surface area contributed by atoms with Gasteiger partial charge in [0.2, 0.25) is 11.7 Å². The molecule has 2 aromatic heterocycles. The second-order valence-electron chi connectivity index (χ2n) is 7.11. The second kappa shape index (κ2) is 7.92. The minimum Gasteiger partial charge on any atom is -0.397 e. The van der Waals surface area contributed by atoms with Crippen molar-refractivity contribution < 1.29 is 18.0 Å². The zero-order chi connectivity index (χ0) is 21.3. The number of carbonyl (C=O) groups is 2. The molecular formula is C20H21N3O4S2. The highest BCUT2D eigenvalue weighted by atomic mass is 32.2. The molecule has 0 aliphatic carbocycles. The van der Waals surface area contributed by atoms with Gasteiger partial charge in [0.25, 0.3) is 10.0 Å². The normalized spacial score (nSPS) is 11.7. The molecule has 1 aromatic carbocycles. The molecule has 152 valence electrons. The van der Waals surface area contributed by atoms with Gasteiger partial charge >= 0.3 is 0 Å². The van der Waals surface area contributed by atoms with Crippen LogP contribution in [0, 0.1) is 5.92 Å². The zero-order valence-electron chi connectivity index (χ0n) is 16.2. The molecule has 0 unspecified atom stereocenters. The maximum Gasteiger partial charge on any atom is 0.264 e. The summed E-state index contributed by atoms with van der Waals surface area (Å²) in [7, 11) is -3.95. The molecule has 7 nitrogen and oxygen atoms in total. The van der Waals surface area contributed by atoms with Crippen LogP contribution in [0.3, 0.4) is 0 Å². The Labute approximate surface area is 173 Å². The molecule has 0 saturated heterocycles. The van der Waals surface area contributed by atoms with Crippen LogP contribution in [0.1, 0.15) is 41.7 Å². The highest BCUT2D eigenvalue weighted by molar-refractivity contribution is 7.90. The lowest BCUT2D eigenvalue weighted by Gasteiger charge is -2.05. The third-order valence-corrected chi connectivity index (χ3v) is 6.74. The topological polar surface area (TPSA) is 119 Å². The minimum absolute atomic E-state index is 0.103. The largest absolute Gasteiger partial charge is 0.397 e. The summed E-state index contributed by atoms with van der Waals surface area (Å²) in [5.74, 6) is -0.530. The van der Waals surface area contributed by atoms with E-state index in [-0.39, 0.29) is 10.7 Å².